The summed E-state index contributed by atoms with van der Waals surface area (Å²) >= 11 is 0. The average molecular weight is 549 g/mol. The topological polar surface area (TPSA) is 112 Å². The van der Waals surface area contributed by atoms with Crippen molar-refractivity contribution in [1.29, 1.82) is 0 Å². The molecule has 1 aromatic carbocycles. The smallest absolute Gasteiger partial charge is 0.418 e. The van der Waals surface area contributed by atoms with Crippen molar-refractivity contribution in [3.05, 3.63) is 65.7 Å². The fourth-order valence-corrected chi connectivity index (χ4v) is 5.01. The number of benzene rings is 1. The molecule has 3 aromatic rings. The highest BCUT2D eigenvalue weighted by molar-refractivity contribution is 7.92. The summed E-state index contributed by atoms with van der Waals surface area (Å²) in [5, 5.41) is 8.64. The molecule has 0 spiro atoms. The van der Waals surface area contributed by atoms with Gasteiger partial charge in [-0.05, 0) is 61.9 Å². The van der Waals surface area contributed by atoms with Crippen LogP contribution in [-0.4, -0.2) is 42.6 Å². The van der Waals surface area contributed by atoms with Crippen LogP contribution in [0.5, 0.6) is 0 Å². The van der Waals surface area contributed by atoms with Crippen LogP contribution in [0.2, 0.25) is 0 Å². The predicted molar refractivity (Wildman–Crippen MR) is 136 cm³/mol. The largest absolute Gasteiger partial charge is 0.481 e. The minimum absolute atomic E-state index is 0.0243. The van der Waals surface area contributed by atoms with E-state index in [9.17, 15) is 26.4 Å². The summed E-state index contributed by atoms with van der Waals surface area (Å²) in [5.74, 6) is -0.374. The molecule has 2 N–H and O–H groups in total. The molecule has 1 fully saturated rings. The number of anilines is 2. The molecular formula is C26H27F3N4O4S. The number of hydrogen-bond donors (Lipinski definition) is 2. The summed E-state index contributed by atoms with van der Waals surface area (Å²) in [4.78, 5) is 21.1. The molecule has 0 radical (unpaired) electrons. The number of carboxylic acid groups (broad SMARTS) is 1. The number of aryl methyl sites for hydroxylation is 1. The third-order valence-electron chi connectivity index (χ3n) is 6.14. The Balaban J connectivity index is 1.63. The second-order valence-electron chi connectivity index (χ2n) is 9.23. The summed E-state index contributed by atoms with van der Waals surface area (Å²) in [6.07, 6.45) is -2.27. The van der Waals surface area contributed by atoms with Crippen LogP contribution in [0.1, 0.15) is 36.8 Å². The minimum atomic E-state index is -4.69. The molecule has 0 unspecified atom stereocenters. The lowest BCUT2D eigenvalue weighted by atomic mass is 10.0. The van der Waals surface area contributed by atoms with Crippen LogP contribution < -0.4 is 9.62 Å². The highest BCUT2D eigenvalue weighted by Crippen LogP contribution is 2.38. The Kier molecular flexibility index (Phi) is 7.91. The Morgan fingerprint density at radius 1 is 1.08 bits per heavy atom. The number of nitrogens with zero attached hydrogens (tertiary/aromatic N) is 3. The molecule has 0 atom stereocenters. The van der Waals surface area contributed by atoms with Crippen molar-refractivity contribution in [3.8, 4) is 11.3 Å². The van der Waals surface area contributed by atoms with E-state index in [0.29, 0.717) is 36.8 Å². The van der Waals surface area contributed by atoms with Crippen molar-refractivity contribution in [2.75, 3.05) is 22.7 Å². The number of hydrogen-bond acceptors (Lipinski definition) is 6. The number of rotatable bonds is 11. The standard InChI is InChI=1S/C26H27F3N4O4S/c1-17-6-2-3-7-19(17)25-20(26(27,28)29)13-14-21(30-25)32-38(36,37)23-9-4-8-22(31-23)33(16-18-11-12-18)15-5-10-24(34)35/h2-4,6-9,13-14,18H,5,10-12,15-16H2,1H3,(H,30,32)(H,34,35). The Morgan fingerprint density at radius 2 is 1.82 bits per heavy atom. The number of carboxylic acids is 1. The fraction of sp³-hybridized carbons (Fsp3) is 0.346. The van der Waals surface area contributed by atoms with E-state index in [1.165, 1.54) is 18.2 Å². The zero-order chi connectivity index (χ0) is 27.5. The first kappa shape index (κ1) is 27.4. The van der Waals surface area contributed by atoms with E-state index in [1.807, 2.05) is 4.90 Å². The van der Waals surface area contributed by atoms with Crippen molar-refractivity contribution in [2.45, 2.75) is 43.8 Å². The summed E-state index contributed by atoms with van der Waals surface area (Å²) < 4.78 is 69.8. The number of halogens is 3. The first-order chi connectivity index (χ1) is 17.9. The van der Waals surface area contributed by atoms with Gasteiger partial charge in [0, 0.05) is 25.1 Å². The van der Waals surface area contributed by atoms with E-state index in [2.05, 4.69) is 14.7 Å². The average Bonchev–Trinajstić information content (AvgIpc) is 3.67. The summed E-state index contributed by atoms with van der Waals surface area (Å²) in [7, 11) is -4.30. The van der Waals surface area contributed by atoms with Gasteiger partial charge in [-0.15, -0.1) is 0 Å². The molecule has 38 heavy (non-hydrogen) atoms. The molecule has 202 valence electrons. The Morgan fingerprint density at radius 3 is 2.47 bits per heavy atom. The summed E-state index contributed by atoms with van der Waals surface area (Å²) in [5.41, 5.74) is -0.574. The van der Waals surface area contributed by atoms with Gasteiger partial charge >= 0.3 is 12.1 Å². The van der Waals surface area contributed by atoms with Gasteiger partial charge in [0.15, 0.2) is 5.03 Å². The molecule has 0 aliphatic heterocycles. The fourth-order valence-electron chi connectivity index (χ4n) is 4.04. The number of alkyl halides is 3. The lowest BCUT2D eigenvalue weighted by molar-refractivity contribution is -0.138. The van der Waals surface area contributed by atoms with Gasteiger partial charge in [-0.1, -0.05) is 30.3 Å². The van der Waals surface area contributed by atoms with Gasteiger partial charge in [0.05, 0.1) is 11.3 Å². The molecule has 8 nitrogen and oxygen atoms in total. The van der Waals surface area contributed by atoms with Crippen molar-refractivity contribution >= 4 is 27.6 Å². The highest BCUT2D eigenvalue weighted by Gasteiger charge is 2.35. The van der Waals surface area contributed by atoms with Crippen LogP contribution in [0.3, 0.4) is 0 Å². The van der Waals surface area contributed by atoms with E-state index >= 15 is 0 Å². The molecule has 0 amide bonds. The van der Waals surface area contributed by atoms with Crippen LogP contribution in [0, 0.1) is 12.8 Å². The number of sulfonamides is 1. The van der Waals surface area contributed by atoms with E-state index < -0.39 is 27.7 Å². The van der Waals surface area contributed by atoms with Crippen LogP contribution in [0.4, 0.5) is 24.8 Å². The minimum Gasteiger partial charge on any atom is -0.481 e. The van der Waals surface area contributed by atoms with Crippen molar-refractivity contribution in [2.24, 2.45) is 5.92 Å². The van der Waals surface area contributed by atoms with E-state index in [4.69, 9.17) is 5.11 Å². The molecule has 2 aromatic heterocycles. The van der Waals surface area contributed by atoms with Crippen LogP contribution in [0.15, 0.2) is 59.6 Å². The monoisotopic (exact) mass is 548 g/mol. The summed E-state index contributed by atoms with van der Waals surface area (Å²) in [6.45, 7) is 2.67. The van der Waals surface area contributed by atoms with E-state index in [-0.39, 0.29) is 28.5 Å². The maximum Gasteiger partial charge on any atom is 0.418 e. The summed E-state index contributed by atoms with van der Waals surface area (Å²) in [6, 6.07) is 12.6. The number of carbonyl (C=O) groups is 1. The Labute approximate surface area is 218 Å². The number of pyridine rings is 2. The van der Waals surface area contributed by atoms with Gasteiger partial charge in [0.25, 0.3) is 10.0 Å². The normalized spacial score (nSPS) is 13.8. The van der Waals surface area contributed by atoms with Crippen LogP contribution in [0.25, 0.3) is 11.3 Å². The van der Waals surface area contributed by atoms with Gasteiger partial charge in [0.1, 0.15) is 11.6 Å². The third-order valence-corrected chi connectivity index (χ3v) is 7.40. The number of aliphatic carboxylic acids is 1. The maximum atomic E-state index is 13.7. The Hall–Kier alpha value is -3.67. The quantitative estimate of drug-likeness (QED) is 0.332. The SMILES string of the molecule is Cc1ccccc1-c1nc(NS(=O)(=O)c2cccc(N(CCCC(=O)O)CC3CC3)n2)ccc1C(F)(F)F. The van der Waals surface area contributed by atoms with Crippen LogP contribution >= 0.6 is 0 Å². The first-order valence-corrected chi connectivity index (χ1v) is 13.5. The Bertz CT molecular complexity index is 1430. The third kappa shape index (κ3) is 6.80. The molecule has 2 heterocycles. The molecule has 12 heteroatoms. The van der Waals surface area contributed by atoms with Crippen LogP contribution in [-0.2, 0) is 21.0 Å². The number of nitrogens with one attached hydrogen (secondary N) is 1. The molecule has 1 aliphatic carbocycles. The molecule has 0 saturated heterocycles. The van der Waals surface area contributed by atoms with Gasteiger partial charge < -0.3 is 10.0 Å². The van der Waals surface area contributed by atoms with Gasteiger partial charge in [0.2, 0.25) is 0 Å². The predicted octanol–water partition coefficient (Wildman–Crippen LogP) is 5.35. The molecule has 0 bridgehead atoms. The van der Waals surface area contributed by atoms with Crippen molar-refractivity contribution in [1.82, 2.24) is 9.97 Å². The second-order valence-corrected chi connectivity index (χ2v) is 10.9. The second kappa shape index (κ2) is 11.0. The molecular weight excluding hydrogens is 521 g/mol. The highest BCUT2D eigenvalue weighted by atomic mass is 32.2. The zero-order valence-corrected chi connectivity index (χ0v) is 21.4. The molecule has 4 rings (SSSR count). The van der Waals surface area contributed by atoms with Crippen molar-refractivity contribution in [3.63, 3.8) is 0 Å². The van der Waals surface area contributed by atoms with Gasteiger partial charge in [-0.2, -0.15) is 21.6 Å². The van der Waals surface area contributed by atoms with Gasteiger partial charge in [-0.3, -0.25) is 9.52 Å². The lowest BCUT2D eigenvalue weighted by Gasteiger charge is -2.24. The van der Waals surface area contributed by atoms with E-state index in [1.54, 1.807) is 31.2 Å². The van der Waals surface area contributed by atoms with E-state index in [0.717, 1.165) is 25.0 Å². The molecule has 1 saturated carbocycles. The first-order valence-electron chi connectivity index (χ1n) is 12.0. The lowest BCUT2D eigenvalue weighted by Crippen LogP contribution is -2.29. The van der Waals surface area contributed by atoms with Gasteiger partial charge in [-0.25, -0.2) is 9.97 Å². The zero-order valence-electron chi connectivity index (χ0n) is 20.6. The number of aromatic nitrogens is 2. The maximum absolute atomic E-state index is 13.7. The van der Waals surface area contributed by atoms with Crippen molar-refractivity contribution < 1.29 is 31.5 Å². The molecule has 1 aliphatic rings.